The van der Waals surface area contributed by atoms with E-state index in [0.717, 1.165) is 10.9 Å². The van der Waals surface area contributed by atoms with Crippen LogP contribution in [0.15, 0.2) is 24.3 Å². The fourth-order valence-corrected chi connectivity index (χ4v) is 3.22. The number of aromatic amines is 1. The Hall–Kier alpha value is -1.81. The summed E-state index contributed by atoms with van der Waals surface area (Å²) in [4.78, 5) is 18.0. The molecule has 0 spiro atoms. The zero-order valence-electron chi connectivity index (χ0n) is 14.6. The molecular weight excluding hydrogens is 288 g/mol. The van der Waals surface area contributed by atoms with Crippen LogP contribution < -0.4 is 0 Å². The molecule has 2 aromatic rings. The Bertz CT molecular complexity index is 717. The summed E-state index contributed by atoms with van der Waals surface area (Å²) in [7, 11) is 0. The molecule has 1 saturated heterocycles. The van der Waals surface area contributed by atoms with Crippen LogP contribution in [-0.2, 0) is 10.2 Å². The van der Waals surface area contributed by atoms with Gasteiger partial charge in [0, 0.05) is 24.0 Å². The van der Waals surface area contributed by atoms with Crippen LogP contribution in [0, 0.1) is 0 Å². The van der Waals surface area contributed by atoms with Crippen LogP contribution >= 0.6 is 0 Å². The number of carbonyl (C=O) groups excluding carboxylic acids is 1. The van der Waals surface area contributed by atoms with E-state index in [9.17, 15) is 4.79 Å². The molecular formula is C19H26N2O2. The van der Waals surface area contributed by atoms with Gasteiger partial charge in [-0.05, 0) is 37.0 Å². The molecule has 23 heavy (non-hydrogen) atoms. The molecule has 1 aliphatic rings. The third kappa shape index (κ3) is 3.27. The minimum Gasteiger partial charge on any atom is -0.372 e. The highest BCUT2D eigenvalue weighted by molar-refractivity contribution is 5.98. The average molecular weight is 314 g/mol. The van der Waals surface area contributed by atoms with E-state index in [-0.39, 0.29) is 23.5 Å². The quantitative estimate of drug-likeness (QED) is 0.872. The van der Waals surface area contributed by atoms with Gasteiger partial charge in [0.25, 0.3) is 5.91 Å². The molecule has 1 N–H and O–H groups in total. The molecule has 124 valence electrons. The number of ether oxygens (including phenoxy) is 1. The van der Waals surface area contributed by atoms with Gasteiger partial charge in [-0.25, -0.2) is 0 Å². The first kappa shape index (κ1) is 16.1. The highest BCUT2D eigenvalue weighted by Crippen LogP contribution is 2.27. The molecule has 3 rings (SSSR count). The summed E-state index contributed by atoms with van der Waals surface area (Å²) in [6, 6.07) is 8.34. The first-order valence-electron chi connectivity index (χ1n) is 8.32. The molecule has 0 saturated carbocycles. The van der Waals surface area contributed by atoms with Crippen molar-refractivity contribution in [1.29, 1.82) is 0 Å². The molecule has 1 amide bonds. The second-order valence-electron chi connectivity index (χ2n) is 7.70. The van der Waals surface area contributed by atoms with Gasteiger partial charge in [-0.2, -0.15) is 0 Å². The normalized spacial score (nSPS) is 22.6. The van der Waals surface area contributed by atoms with Gasteiger partial charge in [0.2, 0.25) is 0 Å². The number of nitrogens with zero attached hydrogens (tertiary/aromatic N) is 1. The van der Waals surface area contributed by atoms with Crippen molar-refractivity contribution in [2.75, 3.05) is 13.1 Å². The van der Waals surface area contributed by atoms with E-state index in [2.05, 4.69) is 44.0 Å². The monoisotopic (exact) mass is 314 g/mol. The molecule has 0 unspecified atom stereocenters. The Morgan fingerprint density at radius 1 is 1.17 bits per heavy atom. The number of benzene rings is 1. The Labute approximate surface area is 137 Å². The number of carbonyl (C=O) groups is 1. The number of aromatic nitrogens is 1. The van der Waals surface area contributed by atoms with E-state index in [0.29, 0.717) is 18.8 Å². The van der Waals surface area contributed by atoms with Crippen molar-refractivity contribution < 1.29 is 9.53 Å². The van der Waals surface area contributed by atoms with Gasteiger partial charge >= 0.3 is 0 Å². The number of nitrogens with one attached hydrogen (secondary N) is 1. The molecule has 4 nitrogen and oxygen atoms in total. The molecule has 2 heterocycles. The molecule has 1 aromatic heterocycles. The number of amides is 1. The lowest BCUT2D eigenvalue weighted by Gasteiger charge is -2.35. The number of fused-ring (bicyclic) bond motifs is 1. The lowest BCUT2D eigenvalue weighted by molar-refractivity contribution is -0.0587. The maximum atomic E-state index is 12.8. The van der Waals surface area contributed by atoms with Crippen molar-refractivity contribution in [3.8, 4) is 0 Å². The SMILES string of the molecule is C[C@@H]1CN(C(=O)c2cc3ccc(C(C)(C)C)cc3[nH]2)C[C@H](C)O1. The average Bonchev–Trinajstić information content (AvgIpc) is 2.87. The Morgan fingerprint density at radius 3 is 2.43 bits per heavy atom. The van der Waals surface area contributed by atoms with E-state index in [1.54, 1.807) is 0 Å². The van der Waals surface area contributed by atoms with Crippen LogP contribution in [0.1, 0.15) is 50.7 Å². The zero-order valence-corrected chi connectivity index (χ0v) is 14.6. The maximum absolute atomic E-state index is 12.8. The van der Waals surface area contributed by atoms with Crippen molar-refractivity contribution in [3.63, 3.8) is 0 Å². The van der Waals surface area contributed by atoms with Gasteiger partial charge in [-0.15, -0.1) is 0 Å². The predicted molar refractivity (Wildman–Crippen MR) is 92.9 cm³/mol. The molecule has 0 radical (unpaired) electrons. The first-order valence-corrected chi connectivity index (χ1v) is 8.32. The minimum absolute atomic E-state index is 0.0560. The Morgan fingerprint density at radius 2 is 1.83 bits per heavy atom. The largest absolute Gasteiger partial charge is 0.372 e. The molecule has 0 bridgehead atoms. The van der Waals surface area contributed by atoms with Crippen LogP contribution in [0.3, 0.4) is 0 Å². The lowest BCUT2D eigenvalue weighted by atomic mass is 9.87. The third-order valence-corrected chi connectivity index (χ3v) is 4.43. The zero-order chi connectivity index (χ0) is 16.8. The van der Waals surface area contributed by atoms with Crippen LogP contribution in [-0.4, -0.2) is 41.1 Å². The fraction of sp³-hybridized carbons (Fsp3) is 0.526. The van der Waals surface area contributed by atoms with Gasteiger partial charge in [-0.3, -0.25) is 4.79 Å². The summed E-state index contributed by atoms with van der Waals surface area (Å²) in [6.45, 7) is 11.9. The van der Waals surface area contributed by atoms with E-state index in [4.69, 9.17) is 4.74 Å². The summed E-state index contributed by atoms with van der Waals surface area (Å²) in [5.74, 6) is 0.0560. The lowest BCUT2D eigenvalue weighted by Crippen LogP contribution is -2.48. The number of hydrogen-bond acceptors (Lipinski definition) is 2. The molecule has 0 aliphatic carbocycles. The molecule has 1 fully saturated rings. The summed E-state index contributed by atoms with van der Waals surface area (Å²) in [5.41, 5.74) is 3.04. The summed E-state index contributed by atoms with van der Waals surface area (Å²) in [6.07, 6.45) is 0.166. The summed E-state index contributed by atoms with van der Waals surface area (Å²) >= 11 is 0. The van der Waals surface area contributed by atoms with Crippen molar-refractivity contribution >= 4 is 16.8 Å². The summed E-state index contributed by atoms with van der Waals surface area (Å²) < 4.78 is 5.71. The van der Waals surface area contributed by atoms with Crippen LogP contribution in [0.25, 0.3) is 10.9 Å². The van der Waals surface area contributed by atoms with Crippen molar-refractivity contribution in [2.45, 2.75) is 52.2 Å². The van der Waals surface area contributed by atoms with Crippen LogP contribution in [0.4, 0.5) is 0 Å². The molecule has 1 aliphatic heterocycles. The van der Waals surface area contributed by atoms with Gasteiger partial charge in [0.1, 0.15) is 5.69 Å². The van der Waals surface area contributed by atoms with Crippen molar-refractivity contribution in [3.05, 3.63) is 35.5 Å². The van der Waals surface area contributed by atoms with Gasteiger partial charge in [0.15, 0.2) is 0 Å². The maximum Gasteiger partial charge on any atom is 0.270 e. The highest BCUT2D eigenvalue weighted by Gasteiger charge is 2.27. The van der Waals surface area contributed by atoms with E-state index >= 15 is 0 Å². The van der Waals surface area contributed by atoms with Crippen molar-refractivity contribution in [1.82, 2.24) is 9.88 Å². The standard InChI is InChI=1S/C19H26N2O2/c1-12-10-21(11-13(2)23-12)18(22)17-8-14-6-7-15(19(3,4)5)9-16(14)20-17/h6-9,12-13,20H,10-11H2,1-5H3/t12-,13+. The second kappa shape index (κ2) is 5.68. The van der Waals surface area contributed by atoms with E-state index < -0.39 is 0 Å². The number of morpholine rings is 1. The van der Waals surface area contributed by atoms with Gasteiger partial charge in [0.05, 0.1) is 12.2 Å². The number of H-pyrrole nitrogens is 1. The topological polar surface area (TPSA) is 45.3 Å². The van der Waals surface area contributed by atoms with E-state index in [1.165, 1.54) is 5.56 Å². The van der Waals surface area contributed by atoms with Crippen LogP contribution in [0.2, 0.25) is 0 Å². The third-order valence-electron chi connectivity index (χ3n) is 4.43. The number of hydrogen-bond donors (Lipinski definition) is 1. The Balaban J connectivity index is 1.89. The van der Waals surface area contributed by atoms with Gasteiger partial charge < -0.3 is 14.6 Å². The van der Waals surface area contributed by atoms with Gasteiger partial charge in [-0.1, -0.05) is 32.9 Å². The number of rotatable bonds is 1. The fourth-order valence-electron chi connectivity index (χ4n) is 3.22. The molecule has 2 atom stereocenters. The Kier molecular flexibility index (Phi) is 3.96. The van der Waals surface area contributed by atoms with Crippen LogP contribution in [0.5, 0.6) is 0 Å². The minimum atomic E-state index is 0.0560. The highest BCUT2D eigenvalue weighted by atomic mass is 16.5. The molecule has 1 aromatic carbocycles. The predicted octanol–water partition coefficient (Wildman–Crippen LogP) is 3.71. The smallest absolute Gasteiger partial charge is 0.270 e. The summed E-state index contributed by atoms with van der Waals surface area (Å²) in [5, 5.41) is 1.08. The molecule has 4 heteroatoms. The van der Waals surface area contributed by atoms with E-state index in [1.807, 2.05) is 24.8 Å². The first-order chi connectivity index (χ1) is 10.7. The second-order valence-corrected chi connectivity index (χ2v) is 7.70. The van der Waals surface area contributed by atoms with Crippen molar-refractivity contribution in [2.24, 2.45) is 0 Å².